The number of carbonyl (C=O) groups excluding carboxylic acids is 2. The highest BCUT2D eigenvalue weighted by Crippen LogP contribution is 2.54. The molecule has 0 bridgehead atoms. The molecule has 1 aromatic rings. The predicted octanol–water partition coefficient (Wildman–Crippen LogP) is 2.17. The van der Waals surface area contributed by atoms with Crippen molar-refractivity contribution in [3.63, 3.8) is 0 Å². The van der Waals surface area contributed by atoms with Crippen molar-refractivity contribution in [1.82, 2.24) is 0 Å². The second kappa shape index (κ2) is 6.81. The lowest BCUT2D eigenvalue weighted by Gasteiger charge is -2.36. The second-order valence-corrected chi connectivity index (χ2v) is 6.50. The third-order valence-corrected chi connectivity index (χ3v) is 4.98. The summed E-state index contributed by atoms with van der Waals surface area (Å²) in [5.41, 5.74) is -1.30. The number of ether oxygens (including phenoxy) is 4. The summed E-state index contributed by atoms with van der Waals surface area (Å²) >= 11 is 6.39. The van der Waals surface area contributed by atoms with Gasteiger partial charge in [-0.05, 0) is 0 Å². The number of aliphatic hydroxyl groups is 1. The number of halogens is 1. The van der Waals surface area contributed by atoms with E-state index in [2.05, 4.69) is 0 Å². The fraction of sp³-hybridized carbons (Fsp3) is 0.444. The number of aliphatic hydroxyl groups excluding tert-OH is 1. The van der Waals surface area contributed by atoms with Crippen molar-refractivity contribution in [3.05, 3.63) is 28.5 Å². The van der Waals surface area contributed by atoms with E-state index in [1.807, 2.05) is 0 Å². The number of ketones is 2. The van der Waals surface area contributed by atoms with Gasteiger partial charge in [0.2, 0.25) is 11.4 Å². The van der Waals surface area contributed by atoms with Crippen LogP contribution in [0.5, 0.6) is 17.2 Å². The summed E-state index contributed by atoms with van der Waals surface area (Å²) < 4.78 is 22.1. The Morgan fingerprint density at radius 3 is 2.65 bits per heavy atom. The van der Waals surface area contributed by atoms with Gasteiger partial charge in [-0.3, -0.25) is 9.59 Å². The molecule has 2 aliphatic rings. The number of benzene rings is 1. The monoisotopic (exact) mass is 382 g/mol. The van der Waals surface area contributed by atoms with Crippen molar-refractivity contribution in [2.75, 3.05) is 27.4 Å². The van der Waals surface area contributed by atoms with Gasteiger partial charge in [-0.15, -0.1) is 0 Å². The van der Waals surface area contributed by atoms with Crippen LogP contribution in [-0.2, 0) is 9.53 Å². The molecule has 0 radical (unpaired) electrons. The smallest absolute Gasteiger partial charge is 0.231 e. The van der Waals surface area contributed by atoms with Crippen LogP contribution in [0.15, 0.2) is 17.9 Å². The Hall–Kier alpha value is -2.25. The molecule has 140 valence electrons. The molecule has 1 aliphatic heterocycles. The Bertz CT molecular complexity index is 801. The number of fused-ring (bicyclic) bond motifs is 1. The van der Waals surface area contributed by atoms with E-state index in [0.717, 1.165) is 0 Å². The molecule has 2 atom stereocenters. The van der Waals surface area contributed by atoms with Gasteiger partial charge in [-0.25, -0.2) is 0 Å². The van der Waals surface area contributed by atoms with Crippen molar-refractivity contribution in [2.45, 2.75) is 18.9 Å². The Labute approximate surface area is 155 Å². The van der Waals surface area contributed by atoms with E-state index in [1.165, 1.54) is 26.4 Å². The standard InChI is InChI=1S/C18H19ClO7/c1-9-6-10(21)7-13(24-3)18(9)17(22)14-11(23-2)8-12(25-5-4-20)15(19)16(14)26-18/h7-9,20H,4-6H2,1-3H3/t9-,18+/m1/s1. The van der Waals surface area contributed by atoms with Crippen molar-refractivity contribution in [1.29, 1.82) is 0 Å². The number of methoxy groups -OCH3 is 2. The lowest BCUT2D eigenvalue weighted by Crippen LogP contribution is -2.51. The van der Waals surface area contributed by atoms with Gasteiger partial charge in [0.1, 0.15) is 28.7 Å². The van der Waals surface area contributed by atoms with Gasteiger partial charge in [0.25, 0.3) is 0 Å². The minimum absolute atomic E-state index is 0.0227. The van der Waals surface area contributed by atoms with Gasteiger partial charge < -0.3 is 24.1 Å². The van der Waals surface area contributed by atoms with Gasteiger partial charge in [0.15, 0.2) is 17.3 Å². The van der Waals surface area contributed by atoms with Crippen LogP contribution in [-0.4, -0.2) is 49.7 Å². The van der Waals surface area contributed by atoms with Crippen LogP contribution >= 0.6 is 11.6 Å². The molecule has 1 spiro atoms. The van der Waals surface area contributed by atoms with E-state index in [9.17, 15) is 9.59 Å². The lowest BCUT2D eigenvalue weighted by molar-refractivity contribution is -0.118. The van der Waals surface area contributed by atoms with Gasteiger partial charge in [-0.2, -0.15) is 0 Å². The van der Waals surface area contributed by atoms with Crippen LogP contribution in [0.4, 0.5) is 0 Å². The molecule has 1 N–H and O–H groups in total. The van der Waals surface area contributed by atoms with Crippen molar-refractivity contribution < 1.29 is 33.6 Å². The first-order chi connectivity index (χ1) is 12.4. The van der Waals surface area contributed by atoms with Crippen LogP contribution in [0.3, 0.4) is 0 Å². The van der Waals surface area contributed by atoms with E-state index in [0.29, 0.717) is 0 Å². The Morgan fingerprint density at radius 1 is 1.31 bits per heavy atom. The van der Waals surface area contributed by atoms with Gasteiger partial charge in [0, 0.05) is 24.5 Å². The van der Waals surface area contributed by atoms with Gasteiger partial charge >= 0.3 is 0 Å². The third kappa shape index (κ3) is 2.54. The summed E-state index contributed by atoms with van der Waals surface area (Å²) in [6, 6.07) is 1.48. The Balaban J connectivity index is 2.18. The highest BCUT2D eigenvalue weighted by atomic mass is 35.5. The average molecular weight is 383 g/mol. The first-order valence-corrected chi connectivity index (χ1v) is 8.45. The molecule has 1 aromatic carbocycles. The molecule has 0 fully saturated rings. The summed E-state index contributed by atoms with van der Waals surface area (Å²) in [5.74, 6) is -0.267. The number of hydrogen-bond donors (Lipinski definition) is 1. The van der Waals surface area contributed by atoms with E-state index in [4.69, 9.17) is 35.7 Å². The first kappa shape index (κ1) is 18.5. The van der Waals surface area contributed by atoms with E-state index < -0.39 is 11.5 Å². The zero-order valence-corrected chi connectivity index (χ0v) is 15.4. The third-order valence-electron chi connectivity index (χ3n) is 4.63. The molecule has 0 saturated heterocycles. The summed E-state index contributed by atoms with van der Waals surface area (Å²) in [6.07, 6.45) is 1.42. The molecule has 1 heterocycles. The molecule has 0 saturated carbocycles. The summed E-state index contributed by atoms with van der Waals surface area (Å²) in [5, 5.41) is 9.06. The fourth-order valence-corrected chi connectivity index (χ4v) is 3.65. The largest absolute Gasteiger partial charge is 0.496 e. The van der Waals surface area contributed by atoms with Gasteiger partial charge in [-0.1, -0.05) is 18.5 Å². The SMILES string of the molecule is COC1=CC(=O)C[C@@H](C)[C@]12Oc1c(Cl)c(OCCO)cc(OC)c1C2=O. The average Bonchev–Trinajstić information content (AvgIpc) is 2.93. The maximum atomic E-state index is 13.3. The number of Topliss-reactive ketones (excluding diaryl/α,β-unsaturated/α-hetero) is 1. The fourth-order valence-electron chi connectivity index (χ4n) is 3.41. The highest BCUT2D eigenvalue weighted by Gasteiger charge is 2.59. The van der Waals surface area contributed by atoms with E-state index in [-0.39, 0.29) is 64.8 Å². The molecule has 26 heavy (non-hydrogen) atoms. The van der Waals surface area contributed by atoms with Crippen LogP contribution in [0.1, 0.15) is 23.7 Å². The number of carbonyl (C=O) groups is 2. The molecule has 3 rings (SSSR count). The maximum absolute atomic E-state index is 13.3. The van der Waals surface area contributed by atoms with E-state index in [1.54, 1.807) is 6.92 Å². The predicted molar refractivity (Wildman–Crippen MR) is 92.2 cm³/mol. The second-order valence-electron chi connectivity index (χ2n) is 6.12. The van der Waals surface area contributed by atoms with Crippen LogP contribution in [0, 0.1) is 5.92 Å². The summed E-state index contributed by atoms with van der Waals surface area (Å²) in [6.45, 7) is 1.57. The summed E-state index contributed by atoms with van der Waals surface area (Å²) in [4.78, 5) is 25.2. The van der Waals surface area contributed by atoms with Crippen LogP contribution in [0.2, 0.25) is 5.02 Å². The molecule has 0 amide bonds. The number of rotatable bonds is 5. The van der Waals surface area contributed by atoms with Crippen molar-refractivity contribution >= 4 is 23.2 Å². The maximum Gasteiger partial charge on any atom is 0.231 e. The Morgan fingerprint density at radius 2 is 2.04 bits per heavy atom. The van der Waals surface area contributed by atoms with E-state index >= 15 is 0 Å². The molecule has 8 heteroatoms. The highest BCUT2D eigenvalue weighted by molar-refractivity contribution is 6.35. The zero-order chi connectivity index (χ0) is 19.1. The molecular weight excluding hydrogens is 364 g/mol. The molecule has 0 aromatic heterocycles. The van der Waals surface area contributed by atoms with Gasteiger partial charge in [0.05, 0.1) is 20.8 Å². The Kier molecular flexibility index (Phi) is 4.86. The van der Waals surface area contributed by atoms with Crippen LogP contribution < -0.4 is 14.2 Å². The molecular formula is C18H19ClO7. The minimum Gasteiger partial charge on any atom is -0.496 e. The molecule has 0 unspecified atom stereocenters. The lowest BCUT2D eigenvalue weighted by atomic mass is 9.75. The topological polar surface area (TPSA) is 91.3 Å². The molecule has 7 nitrogen and oxygen atoms in total. The molecule has 1 aliphatic carbocycles. The minimum atomic E-state index is -1.47. The zero-order valence-electron chi connectivity index (χ0n) is 14.6. The number of hydrogen-bond acceptors (Lipinski definition) is 7. The van der Waals surface area contributed by atoms with Crippen molar-refractivity contribution in [2.24, 2.45) is 5.92 Å². The summed E-state index contributed by atoms with van der Waals surface area (Å²) in [7, 11) is 2.80. The normalized spacial score (nSPS) is 24.2. The number of allylic oxidation sites excluding steroid dienone is 1. The van der Waals surface area contributed by atoms with Crippen LogP contribution in [0.25, 0.3) is 0 Å². The quantitative estimate of drug-likeness (QED) is 0.834. The van der Waals surface area contributed by atoms with Crippen molar-refractivity contribution in [3.8, 4) is 17.2 Å². The first-order valence-electron chi connectivity index (χ1n) is 8.07.